The molecule has 2 rings (SSSR count). The highest BCUT2D eigenvalue weighted by Gasteiger charge is 2.31. The predicted molar refractivity (Wildman–Crippen MR) is 95.7 cm³/mol. The fourth-order valence-corrected chi connectivity index (χ4v) is 2.95. The molecule has 2 N–H and O–H groups in total. The average molecular weight is 341 g/mol. The van der Waals surface area contributed by atoms with Gasteiger partial charge in [0.2, 0.25) is 5.91 Å². The van der Waals surface area contributed by atoms with Crippen molar-refractivity contribution in [2.45, 2.75) is 51.2 Å². The van der Waals surface area contributed by atoms with Crippen molar-refractivity contribution < 1.29 is 9.53 Å². The van der Waals surface area contributed by atoms with Gasteiger partial charge in [-0.2, -0.15) is 0 Å². The maximum atomic E-state index is 12.6. The summed E-state index contributed by atoms with van der Waals surface area (Å²) in [5.41, 5.74) is 6.65. The van der Waals surface area contributed by atoms with Gasteiger partial charge in [0.1, 0.15) is 0 Å². The minimum absolute atomic E-state index is 0. The van der Waals surface area contributed by atoms with E-state index in [4.69, 9.17) is 10.5 Å². The first kappa shape index (κ1) is 19.9. The number of ether oxygens (including phenoxy) is 1. The summed E-state index contributed by atoms with van der Waals surface area (Å²) in [4.78, 5) is 14.6. The van der Waals surface area contributed by atoms with Gasteiger partial charge in [0.05, 0.1) is 18.8 Å². The molecule has 1 saturated heterocycles. The Kier molecular flexibility index (Phi) is 9.22. The molecule has 4 nitrogen and oxygen atoms in total. The predicted octanol–water partition coefficient (Wildman–Crippen LogP) is 3.31. The van der Waals surface area contributed by atoms with Gasteiger partial charge in [-0.15, -0.1) is 12.4 Å². The van der Waals surface area contributed by atoms with Gasteiger partial charge in [-0.1, -0.05) is 43.2 Å². The summed E-state index contributed by atoms with van der Waals surface area (Å²) in [5.74, 6) is 0.247. The number of benzene rings is 1. The topological polar surface area (TPSA) is 55.6 Å². The first-order chi connectivity index (χ1) is 10.7. The lowest BCUT2D eigenvalue weighted by Crippen LogP contribution is -2.46. The summed E-state index contributed by atoms with van der Waals surface area (Å²) in [6.07, 6.45) is 4.94. The molecule has 0 radical (unpaired) electrons. The number of nitrogens with zero attached hydrogens (tertiary/aromatic N) is 1. The number of halogens is 1. The molecule has 1 aliphatic rings. The fourth-order valence-electron chi connectivity index (χ4n) is 2.95. The van der Waals surface area contributed by atoms with E-state index in [0.717, 1.165) is 37.8 Å². The zero-order valence-corrected chi connectivity index (χ0v) is 14.8. The van der Waals surface area contributed by atoms with E-state index in [-0.39, 0.29) is 30.5 Å². The van der Waals surface area contributed by atoms with E-state index in [0.29, 0.717) is 19.6 Å². The molecule has 23 heavy (non-hydrogen) atoms. The van der Waals surface area contributed by atoms with Crippen LogP contribution in [0.5, 0.6) is 0 Å². The molecule has 2 atom stereocenters. The molecular formula is C18H29ClN2O2. The Morgan fingerprint density at radius 2 is 1.91 bits per heavy atom. The monoisotopic (exact) mass is 340 g/mol. The zero-order valence-electron chi connectivity index (χ0n) is 13.9. The number of carbonyl (C=O) groups is 1. The lowest BCUT2D eigenvalue weighted by Gasteiger charge is -2.39. The maximum absolute atomic E-state index is 12.6. The summed E-state index contributed by atoms with van der Waals surface area (Å²) >= 11 is 0. The van der Waals surface area contributed by atoms with Crippen molar-refractivity contribution in [1.29, 1.82) is 0 Å². The van der Waals surface area contributed by atoms with Gasteiger partial charge in [-0.3, -0.25) is 4.79 Å². The Bertz CT molecular complexity index is 456. The van der Waals surface area contributed by atoms with Crippen molar-refractivity contribution in [1.82, 2.24) is 4.90 Å². The second kappa shape index (κ2) is 10.6. The third-order valence-corrected chi connectivity index (χ3v) is 4.22. The van der Waals surface area contributed by atoms with Crippen molar-refractivity contribution in [2.24, 2.45) is 5.73 Å². The zero-order chi connectivity index (χ0) is 15.8. The van der Waals surface area contributed by atoms with Crippen LogP contribution in [-0.4, -0.2) is 36.6 Å². The van der Waals surface area contributed by atoms with Crippen LogP contribution in [0.25, 0.3) is 0 Å². The SMILES string of the molecule is CC1CN(C(=O)CCCCCCN)C(c2ccccc2)CO1.Cl. The third kappa shape index (κ3) is 6.13. The van der Waals surface area contributed by atoms with Gasteiger partial charge in [-0.25, -0.2) is 0 Å². The Hall–Kier alpha value is -1.10. The summed E-state index contributed by atoms with van der Waals surface area (Å²) in [7, 11) is 0. The number of carbonyl (C=O) groups excluding carboxylic acids is 1. The summed E-state index contributed by atoms with van der Waals surface area (Å²) in [6, 6.07) is 10.2. The Labute approximate surface area is 145 Å². The molecule has 1 aromatic rings. The molecule has 0 bridgehead atoms. The van der Waals surface area contributed by atoms with Crippen LogP contribution in [0.4, 0.5) is 0 Å². The minimum atomic E-state index is 0. The molecule has 0 aromatic heterocycles. The molecule has 130 valence electrons. The quantitative estimate of drug-likeness (QED) is 0.775. The van der Waals surface area contributed by atoms with Crippen LogP contribution in [0.15, 0.2) is 30.3 Å². The molecule has 0 aliphatic carbocycles. The number of nitrogens with two attached hydrogens (primary N) is 1. The van der Waals surface area contributed by atoms with Crippen LogP contribution in [0.2, 0.25) is 0 Å². The van der Waals surface area contributed by atoms with Crippen molar-refractivity contribution in [2.75, 3.05) is 19.7 Å². The van der Waals surface area contributed by atoms with Crippen LogP contribution in [0, 0.1) is 0 Å². The highest BCUT2D eigenvalue weighted by atomic mass is 35.5. The number of hydrogen-bond donors (Lipinski definition) is 1. The normalized spacial score (nSPS) is 20.9. The Balaban J connectivity index is 0.00000264. The Morgan fingerprint density at radius 3 is 2.61 bits per heavy atom. The summed E-state index contributed by atoms with van der Waals surface area (Å²) in [5, 5.41) is 0. The summed E-state index contributed by atoms with van der Waals surface area (Å²) < 4.78 is 5.78. The van der Waals surface area contributed by atoms with E-state index < -0.39 is 0 Å². The first-order valence-corrected chi connectivity index (χ1v) is 8.38. The second-order valence-electron chi connectivity index (χ2n) is 6.07. The second-order valence-corrected chi connectivity index (χ2v) is 6.07. The highest BCUT2D eigenvalue weighted by Crippen LogP contribution is 2.27. The molecule has 1 aliphatic heterocycles. The van der Waals surface area contributed by atoms with Crippen LogP contribution in [-0.2, 0) is 9.53 Å². The van der Waals surface area contributed by atoms with Crippen LogP contribution >= 0.6 is 12.4 Å². The van der Waals surface area contributed by atoms with Crippen molar-refractivity contribution >= 4 is 18.3 Å². The lowest BCUT2D eigenvalue weighted by atomic mass is 10.0. The minimum Gasteiger partial charge on any atom is -0.374 e. The first-order valence-electron chi connectivity index (χ1n) is 8.38. The largest absolute Gasteiger partial charge is 0.374 e. The molecule has 1 heterocycles. The van der Waals surface area contributed by atoms with Gasteiger partial charge in [0.15, 0.2) is 0 Å². The molecule has 0 saturated carbocycles. The lowest BCUT2D eigenvalue weighted by molar-refractivity contribution is -0.144. The van der Waals surface area contributed by atoms with E-state index in [1.165, 1.54) is 0 Å². The van der Waals surface area contributed by atoms with E-state index >= 15 is 0 Å². The van der Waals surface area contributed by atoms with E-state index in [9.17, 15) is 4.79 Å². The number of rotatable bonds is 7. The van der Waals surface area contributed by atoms with Gasteiger partial charge >= 0.3 is 0 Å². The smallest absolute Gasteiger partial charge is 0.223 e. The molecule has 5 heteroatoms. The maximum Gasteiger partial charge on any atom is 0.223 e. The number of hydrogen-bond acceptors (Lipinski definition) is 3. The van der Waals surface area contributed by atoms with E-state index in [1.807, 2.05) is 30.0 Å². The number of amides is 1. The van der Waals surface area contributed by atoms with Crippen molar-refractivity contribution in [3.8, 4) is 0 Å². The molecule has 0 spiro atoms. The third-order valence-electron chi connectivity index (χ3n) is 4.22. The average Bonchev–Trinajstić information content (AvgIpc) is 2.55. The standard InChI is InChI=1S/C18H28N2O2.ClH/c1-15-13-20(18(21)11-7-2-3-8-12-19)17(14-22-15)16-9-5-4-6-10-16;/h4-6,9-10,15,17H,2-3,7-8,11-14,19H2,1H3;1H. The van der Waals surface area contributed by atoms with E-state index in [2.05, 4.69) is 12.1 Å². The molecule has 2 unspecified atom stereocenters. The molecular weight excluding hydrogens is 312 g/mol. The summed E-state index contributed by atoms with van der Waals surface area (Å²) in [6.45, 7) is 4.04. The van der Waals surface area contributed by atoms with Crippen LogP contribution < -0.4 is 5.73 Å². The van der Waals surface area contributed by atoms with Crippen molar-refractivity contribution in [3.05, 3.63) is 35.9 Å². The molecule has 1 aromatic carbocycles. The van der Waals surface area contributed by atoms with E-state index in [1.54, 1.807) is 0 Å². The number of unbranched alkanes of at least 4 members (excludes halogenated alkanes) is 3. The van der Waals surface area contributed by atoms with Gasteiger partial charge in [-0.05, 0) is 31.9 Å². The van der Waals surface area contributed by atoms with Gasteiger partial charge in [0.25, 0.3) is 0 Å². The number of morpholine rings is 1. The molecule has 1 fully saturated rings. The Morgan fingerprint density at radius 1 is 1.22 bits per heavy atom. The van der Waals surface area contributed by atoms with Crippen molar-refractivity contribution in [3.63, 3.8) is 0 Å². The fraction of sp³-hybridized carbons (Fsp3) is 0.611. The van der Waals surface area contributed by atoms with Gasteiger partial charge in [0, 0.05) is 13.0 Å². The van der Waals surface area contributed by atoms with Crippen LogP contribution in [0.1, 0.15) is 50.6 Å². The highest BCUT2D eigenvalue weighted by molar-refractivity contribution is 5.85. The van der Waals surface area contributed by atoms with Gasteiger partial charge < -0.3 is 15.4 Å². The molecule has 1 amide bonds. The van der Waals surface area contributed by atoms with Crippen LogP contribution in [0.3, 0.4) is 0 Å².